The SMILES string of the molecule is NCP(=O)(O)SCC(=O)O. The number of hydrogen-bond acceptors (Lipinski definition) is 4. The van der Waals surface area contributed by atoms with Crippen LogP contribution in [0.1, 0.15) is 0 Å². The summed E-state index contributed by atoms with van der Waals surface area (Å²) in [4.78, 5) is 18.6. The van der Waals surface area contributed by atoms with Gasteiger partial charge in [0, 0.05) is 0 Å². The van der Waals surface area contributed by atoms with Gasteiger partial charge in [-0.1, -0.05) is 11.4 Å². The van der Waals surface area contributed by atoms with Crippen molar-refractivity contribution in [3.63, 3.8) is 0 Å². The van der Waals surface area contributed by atoms with Crippen molar-refractivity contribution in [2.75, 3.05) is 12.0 Å². The number of carbonyl (C=O) groups is 1. The van der Waals surface area contributed by atoms with Crippen molar-refractivity contribution in [3.05, 3.63) is 0 Å². The minimum Gasteiger partial charge on any atom is -0.481 e. The molecule has 0 aromatic rings. The average Bonchev–Trinajstić information content (AvgIpc) is 1.85. The molecule has 0 aliphatic carbocycles. The van der Waals surface area contributed by atoms with Gasteiger partial charge in [-0.05, 0) is 0 Å². The van der Waals surface area contributed by atoms with Gasteiger partial charge in [0.2, 0.25) is 0 Å². The van der Waals surface area contributed by atoms with Gasteiger partial charge in [0.05, 0.1) is 6.29 Å². The molecule has 10 heavy (non-hydrogen) atoms. The average molecular weight is 185 g/mol. The van der Waals surface area contributed by atoms with Gasteiger partial charge < -0.3 is 15.7 Å². The molecular weight excluding hydrogens is 177 g/mol. The van der Waals surface area contributed by atoms with Gasteiger partial charge in [0.25, 0.3) is 6.57 Å². The van der Waals surface area contributed by atoms with E-state index in [1.165, 1.54) is 0 Å². The zero-order valence-electron chi connectivity index (χ0n) is 5.06. The highest BCUT2D eigenvalue weighted by Crippen LogP contribution is 2.52. The first kappa shape index (κ1) is 9.97. The lowest BCUT2D eigenvalue weighted by molar-refractivity contribution is -0.133. The zero-order valence-corrected chi connectivity index (χ0v) is 6.77. The molecule has 0 aromatic heterocycles. The quantitative estimate of drug-likeness (QED) is 0.529. The minimum atomic E-state index is -3.41. The molecule has 4 N–H and O–H groups in total. The van der Waals surface area contributed by atoms with Crippen LogP contribution in [0.25, 0.3) is 0 Å². The molecule has 0 radical (unpaired) electrons. The zero-order chi connectivity index (χ0) is 8.20. The van der Waals surface area contributed by atoms with E-state index in [4.69, 9.17) is 15.7 Å². The van der Waals surface area contributed by atoms with E-state index in [0.29, 0.717) is 11.4 Å². The molecule has 7 heteroatoms. The Morgan fingerprint density at radius 1 is 1.70 bits per heavy atom. The van der Waals surface area contributed by atoms with Crippen molar-refractivity contribution >= 4 is 23.9 Å². The summed E-state index contributed by atoms with van der Waals surface area (Å²) in [6.45, 7) is -3.41. The maximum absolute atomic E-state index is 10.6. The van der Waals surface area contributed by atoms with Crippen molar-refractivity contribution in [2.24, 2.45) is 5.73 Å². The third-order valence-corrected chi connectivity index (χ3v) is 3.91. The first-order valence-electron chi connectivity index (χ1n) is 2.36. The molecule has 1 unspecified atom stereocenters. The Hall–Kier alpha value is -0.0300. The first-order valence-corrected chi connectivity index (χ1v) is 5.80. The number of carboxylic acid groups (broad SMARTS) is 1. The van der Waals surface area contributed by atoms with Crippen LogP contribution < -0.4 is 5.73 Å². The van der Waals surface area contributed by atoms with Crippen LogP contribution in [0.3, 0.4) is 0 Å². The Morgan fingerprint density at radius 3 is 2.50 bits per heavy atom. The number of aliphatic carboxylic acids is 1. The maximum Gasteiger partial charge on any atom is 0.314 e. The standard InChI is InChI=1S/C3H8NO4PS/c4-2-9(7,8)10-1-3(5)6/h1-2,4H2,(H,5,6)(H,7,8). The number of carboxylic acids is 1. The Labute approximate surface area is 61.8 Å². The topological polar surface area (TPSA) is 101 Å². The highest BCUT2D eigenvalue weighted by Gasteiger charge is 2.17. The Balaban J connectivity index is 3.68. The number of hydrogen-bond donors (Lipinski definition) is 3. The lowest BCUT2D eigenvalue weighted by Crippen LogP contribution is -2.02. The molecule has 0 spiro atoms. The van der Waals surface area contributed by atoms with E-state index in [2.05, 4.69) is 0 Å². The molecule has 1 atom stereocenters. The third-order valence-electron chi connectivity index (χ3n) is 0.620. The van der Waals surface area contributed by atoms with E-state index < -0.39 is 12.5 Å². The second-order valence-corrected chi connectivity index (χ2v) is 6.16. The van der Waals surface area contributed by atoms with E-state index in [9.17, 15) is 9.36 Å². The van der Waals surface area contributed by atoms with Gasteiger partial charge >= 0.3 is 5.97 Å². The van der Waals surface area contributed by atoms with E-state index >= 15 is 0 Å². The largest absolute Gasteiger partial charge is 0.481 e. The van der Waals surface area contributed by atoms with Crippen molar-refractivity contribution in [3.8, 4) is 0 Å². The van der Waals surface area contributed by atoms with Crippen molar-refractivity contribution in [2.45, 2.75) is 0 Å². The van der Waals surface area contributed by atoms with E-state index in [1.54, 1.807) is 0 Å². The molecule has 0 aromatic carbocycles. The van der Waals surface area contributed by atoms with E-state index in [0.717, 1.165) is 0 Å². The summed E-state index contributed by atoms with van der Waals surface area (Å²) in [6.07, 6.45) is -0.384. The van der Waals surface area contributed by atoms with Crippen LogP contribution in [0, 0.1) is 0 Å². The Morgan fingerprint density at radius 2 is 2.20 bits per heavy atom. The summed E-state index contributed by atoms with van der Waals surface area (Å²) in [6, 6.07) is 0. The van der Waals surface area contributed by atoms with Crippen molar-refractivity contribution in [1.29, 1.82) is 0 Å². The van der Waals surface area contributed by atoms with Crippen LogP contribution >= 0.6 is 18.0 Å². The predicted molar refractivity (Wildman–Crippen MR) is 39.0 cm³/mol. The fourth-order valence-corrected chi connectivity index (χ4v) is 1.88. The van der Waals surface area contributed by atoms with Gasteiger partial charge in [-0.3, -0.25) is 9.36 Å². The van der Waals surface area contributed by atoms with Gasteiger partial charge in [0.15, 0.2) is 0 Å². The molecule has 0 aliphatic heterocycles. The lowest BCUT2D eigenvalue weighted by atomic mass is 10.8. The molecule has 0 saturated carbocycles. The van der Waals surface area contributed by atoms with Crippen LogP contribution in [-0.4, -0.2) is 28.0 Å². The molecule has 0 fully saturated rings. The van der Waals surface area contributed by atoms with Crippen LogP contribution in [0.5, 0.6) is 0 Å². The van der Waals surface area contributed by atoms with Crippen LogP contribution in [0.2, 0.25) is 0 Å². The molecule has 0 amide bonds. The fraction of sp³-hybridized carbons (Fsp3) is 0.667. The van der Waals surface area contributed by atoms with Gasteiger partial charge in [-0.25, -0.2) is 0 Å². The molecular formula is C3H8NO4PS. The second-order valence-electron chi connectivity index (χ2n) is 1.49. The summed E-state index contributed by atoms with van der Waals surface area (Å²) in [5, 5.41) is 8.08. The molecule has 5 nitrogen and oxygen atoms in total. The molecule has 0 rings (SSSR count). The summed E-state index contributed by atoms with van der Waals surface area (Å²) < 4.78 is 10.6. The van der Waals surface area contributed by atoms with Gasteiger partial charge in [0.1, 0.15) is 5.75 Å². The van der Waals surface area contributed by atoms with Gasteiger partial charge in [-0.2, -0.15) is 0 Å². The number of rotatable bonds is 4. The van der Waals surface area contributed by atoms with Crippen LogP contribution in [-0.2, 0) is 9.36 Å². The van der Waals surface area contributed by atoms with Crippen molar-refractivity contribution < 1.29 is 19.4 Å². The van der Waals surface area contributed by atoms with Crippen molar-refractivity contribution in [1.82, 2.24) is 0 Å². The lowest BCUT2D eigenvalue weighted by Gasteiger charge is -2.03. The molecule has 0 bridgehead atoms. The predicted octanol–water partition coefficient (Wildman–Crippen LogP) is -0.0942. The summed E-state index contributed by atoms with van der Waals surface area (Å²) in [5.41, 5.74) is 4.87. The van der Waals surface area contributed by atoms with E-state index in [1.807, 2.05) is 0 Å². The summed E-state index contributed by atoms with van der Waals surface area (Å²) >= 11 is 0.473. The van der Waals surface area contributed by atoms with Gasteiger partial charge in [-0.15, -0.1) is 0 Å². The normalized spacial score (nSPS) is 16.2. The highest BCUT2D eigenvalue weighted by atomic mass is 32.7. The Bertz CT molecular complexity index is 172. The second kappa shape index (κ2) is 3.98. The first-order chi connectivity index (χ1) is 4.48. The molecule has 0 saturated heterocycles. The smallest absolute Gasteiger partial charge is 0.314 e. The Kier molecular flexibility index (Phi) is 3.96. The van der Waals surface area contributed by atoms with Crippen LogP contribution in [0.15, 0.2) is 0 Å². The summed E-state index contributed by atoms with van der Waals surface area (Å²) in [5.74, 6) is -1.50. The third kappa shape index (κ3) is 4.81. The molecule has 0 heterocycles. The minimum absolute atomic E-state index is 0.384. The van der Waals surface area contributed by atoms with E-state index in [-0.39, 0.29) is 12.0 Å². The fourth-order valence-electron chi connectivity index (χ4n) is 0.209. The molecule has 60 valence electrons. The molecule has 0 aliphatic rings. The summed E-state index contributed by atoms with van der Waals surface area (Å²) in [7, 11) is 0. The highest BCUT2D eigenvalue weighted by molar-refractivity contribution is 8.56. The monoisotopic (exact) mass is 185 g/mol. The van der Waals surface area contributed by atoms with Crippen LogP contribution in [0.4, 0.5) is 0 Å². The number of nitrogens with two attached hydrogens (primary N) is 1. The maximum atomic E-state index is 10.6.